The molecular weight excluding hydrogens is 1780 g/mol. The lowest BCUT2D eigenvalue weighted by atomic mass is 9.64. The van der Waals surface area contributed by atoms with E-state index in [1.165, 1.54) is 122 Å². The SMILES string of the molecule is C=CC(C)(C)[C@@H](O)C[C@@H]1CCCC2(C[C@H](C)CC[C@H]2C(C)C)O1.CC(C)OC(=O)C[C@@H](CC(=O)O[C@@H](C[C@@H]1CCCC2(C[C@H](C)CC[C@H]2C(C)C)O1)C(C)(C)COC(=O)CCl)O[Si](C)(C)C(C)(C)C.CC(C)[C@@H]1CC[C@@H](C)CC12CCC[C@@H](CC=O)O2.CC(C)[C@@H]1CC[C@@H](C)CC12CCC[C@@H](C[C@H](O)C(C)(C)CO)O2.CC(C)[C@@H]1CC[C@@H](C)CC12CCC[C@@H](C[C@H](O)C(C)(C)COC(=O)CCl)O2. The van der Waals surface area contributed by atoms with Crippen LogP contribution in [0.25, 0.3) is 0 Å². The molecule has 0 radical (unpaired) electrons. The minimum Gasteiger partial charge on any atom is -0.464 e. The molecule has 10 rings (SSSR count). The zero-order chi connectivity index (χ0) is 103. The molecule has 10 fully saturated rings. The minimum absolute atomic E-state index is 0.0116. The summed E-state index contributed by atoms with van der Waals surface area (Å²) >= 11 is 11.2. The molecule has 5 saturated carbocycles. The third kappa shape index (κ3) is 36.3. The highest BCUT2D eigenvalue weighted by Crippen LogP contribution is 2.57. The van der Waals surface area contributed by atoms with Gasteiger partial charge < -0.3 is 72.3 Å². The quantitative estimate of drug-likeness (QED) is 0.0115. The van der Waals surface area contributed by atoms with Crippen LogP contribution in [-0.2, 0) is 71.0 Å². The maximum Gasteiger partial charge on any atom is 0.320 e. The maximum atomic E-state index is 13.8. The zero-order valence-corrected chi connectivity index (χ0v) is 95.3. The highest BCUT2D eigenvalue weighted by atomic mass is 35.5. The molecule has 800 valence electrons. The number of aldehydes is 1. The number of hydrogen-bond acceptors (Lipinski definition) is 19. The molecule has 5 aliphatic carbocycles. The van der Waals surface area contributed by atoms with Crippen LogP contribution >= 0.6 is 23.2 Å². The molecule has 10 aliphatic rings. The molecule has 5 spiro atoms. The van der Waals surface area contributed by atoms with E-state index in [4.69, 9.17) is 70.3 Å². The number of aliphatic hydroxyl groups is 4. The summed E-state index contributed by atoms with van der Waals surface area (Å²) in [6, 6.07) is 0. The van der Waals surface area contributed by atoms with Gasteiger partial charge in [-0.05, 0) is 281 Å². The summed E-state index contributed by atoms with van der Waals surface area (Å²) in [6.45, 7) is 69.0. The Hall–Kier alpha value is -2.31. The molecule has 25 atom stereocenters. The number of ether oxygens (including phenoxy) is 9. The van der Waals surface area contributed by atoms with E-state index < -0.39 is 72.9 Å². The van der Waals surface area contributed by atoms with Crippen LogP contribution in [0.15, 0.2) is 12.7 Å². The van der Waals surface area contributed by atoms with Crippen molar-refractivity contribution in [2.75, 3.05) is 31.6 Å². The van der Waals surface area contributed by atoms with Gasteiger partial charge in [0.05, 0.1) is 122 Å². The number of alkyl halides is 2. The molecule has 0 aromatic rings. The Kier molecular flexibility index (Phi) is 49.1. The van der Waals surface area contributed by atoms with Crippen LogP contribution in [0.5, 0.6) is 0 Å². The summed E-state index contributed by atoms with van der Waals surface area (Å²) in [6.07, 6.45) is 38.6. The van der Waals surface area contributed by atoms with E-state index >= 15 is 0 Å². The van der Waals surface area contributed by atoms with Crippen LogP contribution in [0.2, 0.25) is 18.1 Å². The first-order valence-electron chi connectivity index (χ1n) is 55.3. The molecule has 5 aliphatic heterocycles. The first-order valence-corrected chi connectivity index (χ1v) is 59.3. The van der Waals surface area contributed by atoms with Gasteiger partial charge in [0.1, 0.15) is 24.2 Å². The Bertz CT molecular complexity index is 3580. The van der Waals surface area contributed by atoms with Crippen molar-refractivity contribution in [1.82, 2.24) is 0 Å². The van der Waals surface area contributed by atoms with Gasteiger partial charge in [-0.15, -0.1) is 29.8 Å². The standard InChI is InChI=1S/C36H65ClO8Si.C22H39ClO4.C21H38O2.C20H38O3.C16H28O2/c1-24(2)29-16-15-26(5)21-36(29)17-13-14-27(44-36)18-30(35(9,10)23-41-33(40)22-37)43-32(39)20-28(19-31(38)42-25(3)4)45-46(11,12)34(6,7)8;1-15(2)18-9-8-16(3)12-22(18)10-6-7-17(27-22)11-19(24)21(4,5)14-26-20(25)13-23;1-7-20(5,6)19(22)13-17-9-8-12-21(23-17)14-16(4)10-11-18(21)15(2)3;1-14(2)17-9-8-15(3)12-20(17)10-6-7-16(23-20)11-18(22)19(4,5)13-21;1-12(2)15-7-6-13(3)11-16(15)9-4-5-14(18-16)8-10-17/h24-30H,13-23H2,1-12H3;15-19,24H,6-14H2,1-5H3;7,15-19,22H,1,8-14H2,2-6H3;14-18,21-22H,6-13H2,1-5H3;10,12-15H,4-9,11H2,1-3H3/t26-,27+,28+,29+,30+,36?;16-,17+,18+,19+,22?;16-,17+,18+,19+,21?;15-,16+,17+,18+,20?;13-,14+,15+,16?/m11111/s1. The summed E-state index contributed by atoms with van der Waals surface area (Å²) in [4.78, 5) is 60.6. The van der Waals surface area contributed by atoms with E-state index in [0.29, 0.717) is 96.7 Å². The largest absolute Gasteiger partial charge is 0.464 e. The van der Waals surface area contributed by atoms with E-state index in [2.05, 4.69) is 158 Å². The number of halogens is 2. The normalized spacial score (nSPS) is 33.1. The summed E-state index contributed by atoms with van der Waals surface area (Å²) < 4.78 is 62.8. The van der Waals surface area contributed by atoms with Crippen molar-refractivity contribution in [2.45, 2.75) is 545 Å². The predicted octanol–water partition coefficient (Wildman–Crippen LogP) is 27.0. The summed E-state index contributed by atoms with van der Waals surface area (Å²) in [5, 5.41) is 41.3. The fraction of sp³-hybridized carbons (Fsp3) is 0.939. The second-order valence-corrected chi connectivity index (χ2v) is 57.5. The number of hydrogen-bond donors (Lipinski definition) is 4. The number of carbonyl (C=O) groups is 5. The van der Waals surface area contributed by atoms with Gasteiger partial charge >= 0.3 is 23.9 Å². The number of esters is 4. The van der Waals surface area contributed by atoms with Gasteiger partial charge in [-0.1, -0.05) is 218 Å². The van der Waals surface area contributed by atoms with Gasteiger partial charge in [-0.3, -0.25) is 19.2 Å². The molecule has 0 aromatic heterocycles. The third-order valence-corrected chi connectivity index (χ3v) is 40.2. The van der Waals surface area contributed by atoms with E-state index in [1.807, 2.05) is 47.6 Å². The van der Waals surface area contributed by atoms with Crippen molar-refractivity contribution in [3.05, 3.63) is 12.7 Å². The molecule has 0 aromatic carbocycles. The molecule has 4 N–H and O–H groups in total. The Labute approximate surface area is 847 Å². The third-order valence-electron chi connectivity index (χ3n) is 35.3. The highest BCUT2D eigenvalue weighted by molar-refractivity contribution is 6.74. The highest BCUT2D eigenvalue weighted by Gasteiger charge is 2.56. The lowest BCUT2D eigenvalue weighted by molar-refractivity contribution is -0.205. The maximum absolute atomic E-state index is 13.8. The topological polar surface area (TPSA) is 259 Å². The van der Waals surface area contributed by atoms with Gasteiger partial charge in [0.15, 0.2) is 8.32 Å². The van der Waals surface area contributed by atoms with Crippen molar-refractivity contribution in [2.24, 2.45) is 110 Å². The number of rotatable bonds is 35. The fourth-order valence-corrected chi connectivity index (χ4v) is 27.6. The Morgan fingerprint density at radius 2 is 0.693 bits per heavy atom. The molecule has 137 heavy (non-hydrogen) atoms. The van der Waals surface area contributed by atoms with Crippen LogP contribution in [0, 0.1) is 110 Å². The average Bonchev–Trinajstić information content (AvgIpc) is 0.750. The summed E-state index contributed by atoms with van der Waals surface area (Å²) in [5.41, 5.74) is -1.96. The molecule has 19 nitrogen and oxygen atoms in total. The first-order chi connectivity index (χ1) is 63.7. The number of carbonyl (C=O) groups excluding carboxylic acids is 5. The van der Waals surface area contributed by atoms with E-state index in [-0.39, 0.29) is 126 Å². The molecule has 5 heterocycles. The molecular formula is C115H208Cl2O19Si. The van der Waals surface area contributed by atoms with Crippen molar-refractivity contribution >= 4 is 61.7 Å². The van der Waals surface area contributed by atoms with Crippen LogP contribution in [-0.4, -0.2) is 186 Å². The fourth-order valence-electron chi connectivity index (χ4n) is 26.1. The Morgan fingerprint density at radius 1 is 0.409 bits per heavy atom. The number of aliphatic hydroxyl groups excluding tert-OH is 4. The van der Waals surface area contributed by atoms with E-state index in [9.17, 15) is 44.4 Å². The monoisotopic (exact) mass is 1990 g/mol. The smallest absolute Gasteiger partial charge is 0.320 e. The van der Waals surface area contributed by atoms with E-state index in [0.717, 1.165) is 101 Å². The van der Waals surface area contributed by atoms with Crippen LogP contribution in [0.4, 0.5) is 0 Å². The molecule has 5 unspecified atom stereocenters. The Balaban J connectivity index is 0.000000274. The molecule has 0 amide bonds. The average molecular weight is 1990 g/mol. The van der Waals surface area contributed by atoms with Crippen LogP contribution in [0.3, 0.4) is 0 Å². The Morgan fingerprint density at radius 3 is 0.978 bits per heavy atom. The first kappa shape index (κ1) is 123. The van der Waals surface area contributed by atoms with E-state index in [1.54, 1.807) is 13.8 Å². The van der Waals surface area contributed by atoms with Crippen molar-refractivity contribution in [1.29, 1.82) is 0 Å². The van der Waals surface area contributed by atoms with Crippen molar-refractivity contribution in [3.63, 3.8) is 0 Å². The second kappa shape index (κ2) is 54.6. The lowest BCUT2D eigenvalue weighted by Crippen LogP contribution is -2.53. The summed E-state index contributed by atoms with van der Waals surface area (Å²) in [7, 11) is -2.33. The van der Waals surface area contributed by atoms with Gasteiger partial charge in [-0.25, -0.2) is 0 Å². The predicted molar refractivity (Wildman–Crippen MR) is 559 cm³/mol. The van der Waals surface area contributed by atoms with Gasteiger partial charge in [-0.2, -0.15) is 0 Å². The van der Waals surface area contributed by atoms with Crippen LogP contribution in [0.1, 0.15) is 431 Å². The van der Waals surface area contributed by atoms with Gasteiger partial charge in [0.25, 0.3) is 0 Å². The van der Waals surface area contributed by atoms with Crippen LogP contribution < -0.4 is 0 Å². The van der Waals surface area contributed by atoms with Gasteiger partial charge in [0, 0.05) is 53.8 Å². The minimum atomic E-state index is -2.33. The second-order valence-electron chi connectivity index (χ2n) is 52.2. The van der Waals surface area contributed by atoms with Gasteiger partial charge in [0.2, 0.25) is 0 Å². The molecule has 0 bridgehead atoms. The van der Waals surface area contributed by atoms with Crippen molar-refractivity contribution in [3.8, 4) is 0 Å². The van der Waals surface area contributed by atoms with Crippen molar-refractivity contribution < 1.29 is 91.5 Å². The molecule has 22 heteroatoms. The summed E-state index contributed by atoms with van der Waals surface area (Å²) in [5.74, 6) is 7.60. The molecule has 5 saturated heterocycles. The lowest BCUT2D eigenvalue weighted by Gasteiger charge is -2.52. The zero-order valence-electron chi connectivity index (χ0n) is 92.7.